The van der Waals surface area contributed by atoms with E-state index in [1.807, 2.05) is 0 Å². The summed E-state index contributed by atoms with van der Waals surface area (Å²) in [5.41, 5.74) is 8.48. The normalized spacial score (nSPS) is 14.0. The van der Waals surface area contributed by atoms with Gasteiger partial charge in [0, 0.05) is 5.69 Å². The first-order valence-electron chi connectivity index (χ1n) is 5.76. The van der Waals surface area contributed by atoms with Crippen LogP contribution in [-0.4, -0.2) is 13.9 Å². The molecule has 2 rings (SSSR count). The molecule has 5 heteroatoms. The second-order valence-electron chi connectivity index (χ2n) is 4.28. The highest BCUT2D eigenvalue weighted by atomic mass is 32.2. The molecule has 2 aromatic carbocycles. The van der Waals surface area contributed by atoms with Crippen LogP contribution in [0.25, 0.3) is 0 Å². The number of anilines is 1. The van der Waals surface area contributed by atoms with Crippen LogP contribution in [0.4, 0.5) is 5.69 Å². The molecule has 0 spiro atoms. The average Bonchev–Trinajstić information content (AvgIpc) is 2.38. The van der Waals surface area contributed by atoms with Gasteiger partial charge in [-0.2, -0.15) is 0 Å². The Balaban J connectivity index is 2.20. The van der Waals surface area contributed by atoms with Gasteiger partial charge < -0.3 is 15.4 Å². The summed E-state index contributed by atoms with van der Waals surface area (Å²) in [4.78, 5) is 0. The lowest BCUT2D eigenvalue weighted by molar-refractivity contribution is 0.220. The topological polar surface area (TPSA) is 83.5 Å². The van der Waals surface area contributed by atoms with E-state index in [9.17, 15) is 9.32 Å². The smallest absolute Gasteiger partial charge is 0.157 e. The molecule has 0 saturated carbocycles. The van der Waals surface area contributed by atoms with Crippen molar-refractivity contribution < 1.29 is 13.9 Å². The zero-order valence-electron chi connectivity index (χ0n) is 10.2. The molecule has 0 aromatic heterocycles. The van der Waals surface area contributed by atoms with Crippen molar-refractivity contribution in [2.45, 2.75) is 11.9 Å². The molecule has 0 fully saturated rings. The Morgan fingerprint density at radius 3 is 2.37 bits per heavy atom. The summed E-state index contributed by atoms with van der Waals surface area (Å²) in [5, 5.41) is 10.2. The fraction of sp³-hybridized carbons (Fsp3) is 0.143. The van der Waals surface area contributed by atoms with Crippen LogP contribution in [-0.2, 0) is 16.8 Å². The maximum atomic E-state index is 10.7. The van der Waals surface area contributed by atoms with Gasteiger partial charge in [-0.3, -0.25) is 0 Å². The van der Waals surface area contributed by atoms with Gasteiger partial charge in [-0.05, 0) is 28.8 Å². The van der Waals surface area contributed by atoms with Crippen LogP contribution < -0.4 is 5.73 Å². The van der Waals surface area contributed by atoms with Gasteiger partial charge in [-0.15, -0.1) is 0 Å². The fourth-order valence-electron chi connectivity index (χ4n) is 1.86. The van der Waals surface area contributed by atoms with E-state index in [1.165, 1.54) is 0 Å². The number of rotatable bonds is 4. The number of nitrogen functional groups attached to an aromatic ring is 1. The fourth-order valence-corrected chi connectivity index (χ4v) is 2.34. The summed E-state index contributed by atoms with van der Waals surface area (Å²) in [6.07, 6.45) is -0.753. The Morgan fingerprint density at radius 1 is 1.11 bits per heavy atom. The third-order valence-electron chi connectivity index (χ3n) is 2.81. The van der Waals surface area contributed by atoms with Gasteiger partial charge in [0.05, 0.1) is 5.75 Å². The minimum absolute atomic E-state index is 0.0919. The summed E-state index contributed by atoms with van der Waals surface area (Å²) in [5.74, 6) is 0.0919. The monoisotopic (exact) mass is 277 g/mol. The van der Waals surface area contributed by atoms with Gasteiger partial charge in [0.15, 0.2) is 11.1 Å². The molecular weight excluding hydrogens is 262 g/mol. The Hall–Kier alpha value is -1.69. The molecule has 100 valence electrons. The van der Waals surface area contributed by atoms with Gasteiger partial charge in [-0.25, -0.2) is 4.21 Å². The number of aliphatic hydroxyl groups is 1. The lowest BCUT2D eigenvalue weighted by atomic mass is 10.0. The molecule has 4 N–H and O–H groups in total. The van der Waals surface area contributed by atoms with E-state index < -0.39 is 17.2 Å². The first-order chi connectivity index (χ1) is 9.06. The second kappa shape index (κ2) is 5.97. The molecule has 0 aliphatic heterocycles. The maximum Gasteiger partial charge on any atom is 0.157 e. The van der Waals surface area contributed by atoms with Crippen molar-refractivity contribution in [2.75, 3.05) is 5.73 Å². The van der Waals surface area contributed by atoms with Crippen molar-refractivity contribution in [3.05, 3.63) is 65.2 Å². The standard InChI is InChI=1S/C14H15NO3S/c15-13-3-1-2-12(8-13)14(16)11-6-4-10(5-7-11)9-19(17)18/h1-8,14,16H,9,15H2,(H,17,18). The van der Waals surface area contributed by atoms with Crippen molar-refractivity contribution in [2.24, 2.45) is 0 Å². The zero-order valence-corrected chi connectivity index (χ0v) is 11.0. The van der Waals surface area contributed by atoms with E-state index in [-0.39, 0.29) is 5.75 Å². The van der Waals surface area contributed by atoms with E-state index in [4.69, 9.17) is 10.3 Å². The molecule has 0 aliphatic rings. The first kappa shape index (κ1) is 13.7. The molecule has 0 bridgehead atoms. The van der Waals surface area contributed by atoms with Crippen LogP contribution in [0.5, 0.6) is 0 Å². The second-order valence-corrected chi connectivity index (χ2v) is 5.21. The molecule has 19 heavy (non-hydrogen) atoms. The Morgan fingerprint density at radius 2 is 1.79 bits per heavy atom. The Bertz CT molecular complexity index is 583. The maximum absolute atomic E-state index is 10.7. The molecule has 0 heterocycles. The van der Waals surface area contributed by atoms with Crippen LogP contribution in [0.3, 0.4) is 0 Å². The third kappa shape index (κ3) is 3.64. The molecule has 0 amide bonds. The average molecular weight is 277 g/mol. The summed E-state index contributed by atoms with van der Waals surface area (Å²) >= 11 is -1.85. The SMILES string of the molecule is Nc1cccc(C(O)c2ccc(CS(=O)O)cc2)c1. The molecular formula is C14H15NO3S. The lowest BCUT2D eigenvalue weighted by Gasteiger charge is -2.12. The first-order valence-corrected chi connectivity index (χ1v) is 7.03. The highest BCUT2D eigenvalue weighted by molar-refractivity contribution is 7.78. The highest BCUT2D eigenvalue weighted by Crippen LogP contribution is 2.23. The predicted molar refractivity (Wildman–Crippen MR) is 75.8 cm³/mol. The van der Waals surface area contributed by atoms with Crippen molar-refractivity contribution in [3.63, 3.8) is 0 Å². The number of aliphatic hydroxyl groups excluding tert-OH is 1. The van der Waals surface area contributed by atoms with E-state index >= 15 is 0 Å². The van der Waals surface area contributed by atoms with Crippen molar-refractivity contribution in [1.82, 2.24) is 0 Å². The Labute approximate surface area is 114 Å². The van der Waals surface area contributed by atoms with Crippen molar-refractivity contribution in [3.8, 4) is 0 Å². The summed E-state index contributed by atoms with van der Waals surface area (Å²) in [6, 6.07) is 14.0. The predicted octanol–water partition coefficient (Wildman–Crippen LogP) is 2.07. The van der Waals surface area contributed by atoms with E-state index in [0.717, 1.165) is 16.7 Å². The quantitative estimate of drug-likeness (QED) is 0.590. The third-order valence-corrected chi connectivity index (χ3v) is 3.39. The van der Waals surface area contributed by atoms with E-state index in [1.54, 1.807) is 48.5 Å². The van der Waals surface area contributed by atoms with Crippen molar-refractivity contribution >= 4 is 16.8 Å². The summed E-state index contributed by atoms with van der Waals surface area (Å²) < 4.78 is 19.5. The van der Waals surface area contributed by atoms with Crippen LogP contribution >= 0.6 is 0 Å². The number of benzene rings is 2. The van der Waals surface area contributed by atoms with Gasteiger partial charge in [-0.1, -0.05) is 36.4 Å². The summed E-state index contributed by atoms with van der Waals surface area (Å²) in [7, 11) is 0. The molecule has 0 aliphatic carbocycles. The molecule has 2 atom stereocenters. The minimum Gasteiger partial charge on any atom is -0.399 e. The Kier molecular flexibility index (Phi) is 4.31. The van der Waals surface area contributed by atoms with Crippen molar-refractivity contribution in [1.29, 1.82) is 0 Å². The van der Waals surface area contributed by atoms with Crippen LogP contribution in [0.1, 0.15) is 22.8 Å². The van der Waals surface area contributed by atoms with Gasteiger partial charge in [0.2, 0.25) is 0 Å². The number of hydrogen-bond acceptors (Lipinski definition) is 3. The number of hydrogen-bond donors (Lipinski definition) is 3. The molecule has 0 saturated heterocycles. The lowest BCUT2D eigenvalue weighted by Crippen LogP contribution is -2.01. The summed E-state index contributed by atoms with van der Waals surface area (Å²) in [6.45, 7) is 0. The van der Waals surface area contributed by atoms with E-state index in [0.29, 0.717) is 5.69 Å². The largest absolute Gasteiger partial charge is 0.399 e. The number of nitrogens with two attached hydrogens (primary N) is 1. The molecule has 2 unspecified atom stereocenters. The van der Waals surface area contributed by atoms with Gasteiger partial charge >= 0.3 is 0 Å². The van der Waals surface area contributed by atoms with Gasteiger partial charge in [0.25, 0.3) is 0 Å². The van der Waals surface area contributed by atoms with Gasteiger partial charge in [0.1, 0.15) is 6.10 Å². The van der Waals surface area contributed by atoms with E-state index in [2.05, 4.69) is 0 Å². The molecule has 0 radical (unpaired) electrons. The zero-order chi connectivity index (χ0) is 13.8. The highest BCUT2D eigenvalue weighted by Gasteiger charge is 2.10. The van der Waals surface area contributed by atoms with Crippen LogP contribution in [0.15, 0.2) is 48.5 Å². The molecule has 2 aromatic rings. The molecule has 4 nitrogen and oxygen atoms in total. The van der Waals surface area contributed by atoms with Crippen LogP contribution in [0, 0.1) is 0 Å². The minimum atomic E-state index is -1.85. The van der Waals surface area contributed by atoms with Crippen LogP contribution in [0.2, 0.25) is 0 Å².